The van der Waals surface area contributed by atoms with Crippen LogP contribution in [-0.2, 0) is 16.0 Å². The Labute approximate surface area is 195 Å². The summed E-state index contributed by atoms with van der Waals surface area (Å²) in [5, 5.41) is 0.856. The molecular formula is C26H21N3O5. The normalized spacial score (nSPS) is 18.1. The van der Waals surface area contributed by atoms with Crippen LogP contribution in [0.25, 0.3) is 0 Å². The second kappa shape index (κ2) is 8.92. The van der Waals surface area contributed by atoms with Crippen molar-refractivity contribution in [3.63, 3.8) is 0 Å². The molecule has 0 aromatic heterocycles. The van der Waals surface area contributed by atoms with Crippen LogP contribution in [0.1, 0.15) is 37.9 Å². The molecule has 0 saturated carbocycles. The van der Waals surface area contributed by atoms with E-state index in [2.05, 4.69) is 5.43 Å². The van der Waals surface area contributed by atoms with Gasteiger partial charge in [0.05, 0.1) is 11.1 Å². The quantitative estimate of drug-likeness (QED) is 0.574. The molecule has 2 heterocycles. The lowest BCUT2D eigenvalue weighted by Crippen LogP contribution is -2.56. The van der Waals surface area contributed by atoms with E-state index >= 15 is 0 Å². The summed E-state index contributed by atoms with van der Waals surface area (Å²) in [6.07, 6.45) is -0.612. The van der Waals surface area contributed by atoms with Crippen LogP contribution in [-0.4, -0.2) is 46.4 Å². The van der Waals surface area contributed by atoms with Gasteiger partial charge in [-0.3, -0.25) is 14.4 Å². The van der Waals surface area contributed by atoms with Crippen LogP contribution >= 0.6 is 0 Å². The van der Waals surface area contributed by atoms with E-state index in [1.807, 2.05) is 60.7 Å². The van der Waals surface area contributed by atoms with E-state index in [-0.39, 0.29) is 24.2 Å². The van der Waals surface area contributed by atoms with Gasteiger partial charge >= 0.3 is 6.09 Å². The van der Waals surface area contributed by atoms with Gasteiger partial charge in [-0.05, 0) is 29.7 Å². The van der Waals surface area contributed by atoms with Gasteiger partial charge in [-0.25, -0.2) is 20.1 Å². The number of hydrogen-bond donors (Lipinski definition) is 1. The molecule has 8 nitrogen and oxygen atoms in total. The van der Waals surface area contributed by atoms with Gasteiger partial charge in [0.1, 0.15) is 18.7 Å². The molecule has 0 bridgehead atoms. The second-order valence-corrected chi connectivity index (χ2v) is 8.07. The predicted octanol–water partition coefficient (Wildman–Crippen LogP) is 3.12. The van der Waals surface area contributed by atoms with Crippen LogP contribution in [0.4, 0.5) is 4.79 Å². The Morgan fingerprint density at radius 3 is 2.03 bits per heavy atom. The molecule has 8 heteroatoms. The zero-order valence-corrected chi connectivity index (χ0v) is 18.1. The highest BCUT2D eigenvalue weighted by atomic mass is 16.6. The van der Waals surface area contributed by atoms with Crippen LogP contribution in [0.15, 0.2) is 84.9 Å². The van der Waals surface area contributed by atoms with E-state index in [0.29, 0.717) is 0 Å². The van der Waals surface area contributed by atoms with Gasteiger partial charge in [0.15, 0.2) is 0 Å². The summed E-state index contributed by atoms with van der Waals surface area (Å²) in [6, 6.07) is 23.1. The number of hydrazine groups is 1. The zero-order valence-electron chi connectivity index (χ0n) is 18.1. The van der Waals surface area contributed by atoms with Crippen molar-refractivity contribution in [1.29, 1.82) is 0 Å². The number of amides is 4. The fourth-order valence-electron chi connectivity index (χ4n) is 4.25. The van der Waals surface area contributed by atoms with E-state index in [4.69, 9.17) is 4.74 Å². The number of carbonyl (C=O) groups is 4. The molecule has 2 atom stereocenters. The smallest absolute Gasteiger partial charge is 0.417 e. The number of carbonyl (C=O) groups excluding carboxylic acids is 4. The fraction of sp³-hybridized carbons (Fsp3) is 0.154. The van der Waals surface area contributed by atoms with Gasteiger partial charge in [-0.1, -0.05) is 72.8 Å². The highest BCUT2D eigenvalue weighted by Crippen LogP contribution is 2.29. The Balaban J connectivity index is 1.46. The van der Waals surface area contributed by atoms with E-state index in [0.717, 1.165) is 21.0 Å². The molecule has 1 fully saturated rings. The first-order valence-corrected chi connectivity index (χ1v) is 10.9. The molecule has 3 aromatic carbocycles. The van der Waals surface area contributed by atoms with Crippen molar-refractivity contribution in [3.8, 4) is 0 Å². The Hall–Kier alpha value is -4.30. The number of cyclic esters (lactones) is 1. The third kappa shape index (κ3) is 3.84. The van der Waals surface area contributed by atoms with E-state index in [1.165, 1.54) is 0 Å². The second-order valence-electron chi connectivity index (χ2n) is 8.07. The Bertz CT molecular complexity index is 1230. The van der Waals surface area contributed by atoms with Crippen molar-refractivity contribution in [1.82, 2.24) is 15.3 Å². The monoisotopic (exact) mass is 455 g/mol. The maximum atomic E-state index is 13.7. The van der Waals surface area contributed by atoms with Gasteiger partial charge in [0.25, 0.3) is 17.7 Å². The number of imide groups is 2. The van der Waals surface area contributed by atoms with Crippen molar-refractivity contribution in [2.45, 2.75) is 18.5 Å². The number of nitrogens with zero attached hydrogens (tertiary/aromatic N) is 2. The van der Waals surface area contributed by atoms with Gasteiger partial charge in [-0.15, -0.1) is 0 Å². The maximum absolute atomic E-state index is 13.7. The average Bonchev–Trinajstić information content (AvgIpc) is 3.37. The van der Waals surface area contributed by atoms with E-state index < -0.39 is 35.9 Å². The number of benzene rings is 3. The van der Waals surface area contributed by atoms with Crippen molar-refractivity contribution in [3.05, 3.63) is 107 Å². The number of ether oxygens (including phenoxy) is 1. The standard InChI is InChI=1S/C26H21N3O5/c30-23-19-13-7-8-14-20(19)24(31)29(23)27-21(15-17-9-3-1-4-10-17)25(32)28-22(16-34-26(28)33)18-11-5-2-6-12-18/h1-14,21-22,27H,15-16H2/t21-,22+/m0/s1. The van der Waals surface area contributed by atoms with Crippen LogP contribution in [0.2, 0.25) is 0 Å². The Morgan fingerprint density at radius 2 is 1.41 bits per heavy atom. The molecule has 1 saturated heterocycles. The van der Waals surface area contributed by atoms with Crippen LogP contribution in [0, 0.1) is 0 Å². The van der Waals surface area contributed by atoms with E-state index in [1.54, 1.807) is 24.3 Å². The summed E-state index contributed by atoms with van der Waals surface area (Å²) in [7, 11) is 0. The molecule has 3 aromatic rings. The number of rotatable bonds is 6. The summed E-state index contributed by atoms with van der Waals surface area (Å²) < 4.78 is 5.21. The third-order valence-electron chi connectivity index (χ3n) is 5.95. The molecule has 5 rings (SSSR count). The highest BCUT2D eigenvalue weighted by Gasteiger charge is 2.44. The summed E-state index contributed by atoms with van der Waals surface area (Å²) in [6.45, 7) is 0.0274. The number of hydrogen-bond acceptors (Lipinski definition) is 6. The van der Waals surface area contributed by atoms with Gasteiger partial charge in [-0.2, -0.15) is 0 Å². The van der Waals surface area contributed by atoms with E-state index in [9.17, 15) is 19.2 Å². The molecule has 170 valence electrons. The molecule has 0 unspecified atom stereocenters. The topological polar surface area (TPSA) is 96.0 Å². The minimum absolute atomic E-state index is 0.0274. The largest absolute Gasteiger partial charge is 0.446 e. The molecule has 34 heavy (non-hydrogen) atoms. The lowest BCUT2D eigenvalue weighted by Gasteiger charge is -2.28. The molecule has 4 amide bonds. The molecule has 0 aliphatic carbocycles. The highest BCUT2D eigenvalue weighted by molar-refractivity contribution is 6.21. The molecule has 0 radical (unpaired) electrons. The zero-order chi connectivity index (χ0) is 23.7. The summed E-state index contributed by atoms with van der Waals surface area (Å²) in [5.41, 5.74) is 4.88. The predicted molar refractivity (Wildman–Crippen MR) is 121 cm³/mol. The third-order valence-corrected chi connectivity index (χ3v) is 5.95. The molecule has 2 aliphatic heterocycles. The Kier molecular flexibility index (Phi) is 5.65. The molecule has 0 spiro atoms. The minimum Gasteiger partial charge on any atom is -0.446 e. The molecular weight excluding hydrogens is 434 g/mol. The summed E-state index contributed by atoms with van der Waals surface area (Å²) in [5.74, 6) is -1.68. The summed E-state index contributed by atoms with van der Waals surface area (Å²) in [4.78, 5) is 53.2. The van der Waals surface area contributed by atoms with Crippen molar-refractivity contribution in [2.75, 3.05) is 6.61 Å². The first kappa shape index (κ1) is 21.5. The van der Waals surface area contributed by atoms with Crippen LogP contribution in [0.3, 0.4) is 0 Å². The fourth-order valence-corrected chi connectivity index (χ4v) is 4.25. The van der Waals surface area contributed by atoms with Crippen molar-refractivity contribution in [2.24, 2.45) is 0 Å². The first-order valence-electron chi connectivity index (χ1n) is 10.9. The van der Waals surface area contributed by atoms with Gasteiger partial charge < -0.3 is 4.74 Å². The van der Waals surface area contributed by atoms with Crippen LogP contribution in [0.5, 0.6) is 0 Å². The Morgan fingerprint density at radius 1 is 0.853 bits per heavy atom. The van der Waals surface area contributed by atoms with Crippen molar-refractivity contribution < 1.29 is 23.9 Å². The van der Waals surface area contributed by atoms with Gasteiger partial charge in [0, 0.05) is 0 Å². The lowest BCUT2D eigenvalue weighted by molar-refractivity contribution is -0.132. The lowest BCUT2D eigenvalue weighted by atomic mass is 10.0. The number of fused-ring (bicyclic) bond motifs is 1. The molecule has 1 N–H and O–H groups in total. The summed E-state index contributed by atoms with van der Waals surface area (Å²) >= 11 is 0. The van der Waals surface area contributed by atoms with Gasteiger partial charge in [0.2, 0.25) is 0 Å². The average molecular weight is 455 g/mol. The molecule has 2 aliphatic rings. The minimum atomic E-state index is -1.07. The SMILES string of the molecule is O=C1c2ccccc2C(=O)N1N[C@@H](Cc1ccccc1)C(=O)N1C(=O)OC[C@@H]1c1ccccc1. The van der Waals surface area contributed by atoms with Crippen LogP contribution < -0.4 is 5.43 Å². The number of nitrogens with one attached hydrogen (secondary N) is 1. The first-order chi connectivity index (χ1) is 16.5. The van der Waals surface area contributed by atoms with Crippen molar-refractivity contribution >= 4 is 23.8 Å². The maximum Gasteiger partial charge on any atom is 0.417 e.